The highest BCUT2D eigenvalue weighted by Gasteiger charge is 2.18. The third kappa shape index (κ3) is 3.54. The molecule has 4 heteroatoms. The molecule has 0 aromatic carbocycles. The molecule has 1 aromatic heterocycles. The number of pyridine rings is 1. The van der Waals surface area contributed by atoms with Gasteiger partial charge in [-0.05, 0) is 59.4 Å². The van der Waals surface area contributed by atoms with E-state index in [4.69, 9.17) is 0 Å². The number of alkyl halides is 1. The Kier molecular flexibility index (Phi) is 4.79. The minimum absolute atomic E-state index is 0.872. The normalized spacial score (nSPS) is 18.9. The van der Waals surface area contributed by atoms with Crippen molar-refractivity contribution in [2.45, 2.75) is 19.4 Å². The fraction of sp³-hybridized carbons (Fsp3) is 0.583. The van der Waals surface area contributed by atoms with Crippen LogP contribution in [-0.4, -0.2) is 28.3 Å². The lowest BCUT2D eigenvalue weighted by atomic mass is 9.99. The summed E-state index contributed by atoms with van der Waals surface area (Å²) in [5, 5.41) is 1.15. The van der Waals surface area contributed by atoms with Crippen LogP contribution in [0, 0.1) is 5.92 Å². The smallest absolute Gasteiger partial charge is 0.0410 e. The van der Waals surface area contributed by atoms with Crippen LogP contribution in [0.3, 0.4) is 0 Å². The van der Waals surface area contributed by atoms with Crippen molar-refractivity contribution < 1.29 is 0 Å². The second-order valence-electron chi connectivity index (χ2n) is 4.39. The van der Waals surface area contributed by atoms with Crippen molar-refractivity contribution in [1.82, 2.24) is 9.88 Å². The Morgan fingerprint density at radius 3 is 2.69 bits per heavy atom. The molecule has 0 radical (unpaired) electrons. The minimum Gasteiger partial charge on any atom is -0.299 e. The molecule has 0 bridgehead atoms. The zero-order valence-corrected chi connectivity index (χ0v) is 12.4. The standard InChI is InChI=1S/C12H16Br2N2/c13-6-10-1-3-16(4-2-10)9-11-5-12(14)8-15-7-11/h5,7-8,10H,1-4,6,9H2. The van der Waals surface area contributed by atoms with Gasteiger partial charge in [0.2, 0.25) is 0 Å². The van der Waals surface area contributed by atoms with Crippen molar-refractivity contribution in [3.05, 3.63) is 28.5 Å². The molecule has 1 saturated heterocycles. The Morgan fingerprint density at radius 1 is 1.31 bits per heavy atom. The summed E-state index contributed by atoms with van der Waals surface area (Å²) in [6.07, 6.45) is 6.42. The number of halogens is 2. The van der Waals surface area contributed by atoms with E-state index < -0.39 is 0 Å². The van der Waals surface area contributed by atoms with E-state index in [-0.39, 0.29) is 0 Å². The van der Waals surface area contributed by atoms with Crippen molar-refractivity contribution >= 4 is 31.9 Å². The van der Waals surface area contributed by atoms with E-state index in [9.17, 15) is 0 Å². The summed E-state index contributed by atoms with van der Waals surface area (Å²) in [5.74, 6) is 0.872. The zero-order valence-electron chi connectivity index (χ0n) is 9.20. The molecule has 0 atom stereocenters. The summed E-state index contributed by atoms with van der Waals surface area (Å²) in [6.45, 7) is 3.45. The highest BCUT2D eigenvalue weighted by molar-refractivity contribution is 9.10. The Hall–Kier alpha value is 0.0700. The molecule has 16 heavy (non-hydrogen) atoms. The van der Waals surface area contributed by atoms with E-state index in [1.807, 2.05) is 12.4 Å². The number of hydrogen-bond donors (Lipinski definition) is 0. The van der Waals surface area contributed by atoms with Gasteiger partial charge in [-0.3, -0.25) is 9.88 Å². The van der Waals surface area contributed by atoms with Crippen LogP contribution < -0.4 is 0 Å². The molecule has 2 heterocycles. The minimum atomic E-state index is 0.872. The van der Waals surface area contributed by atoms with Gasteiger partial charge in [-0.1, -0.05) is 15.9 Å². The fourth-order valence-corrected chi connectivity index (χ4v) is 3.16. The molecule has 0 spiro atoms. The average molecular weight is 348 g/mol. The molecule has 0 amide bonds. The first-order chi connectivity index (χ1) is 7.78. The predicted molar refractivity (Wildman–Crippen MR) is 73.7 cm³/mol. The monoisotopic (exact) mass is 346 g/mol. The van der Waals surface area contributed by atoms with Gasteiger partial charge >= 0.3 is 0 Å². The van der Waals surface area contributed by atoms with Gasteiger partial charge in [0, 0.05) is 28.7 Å². The highest BCUT2D eigenvalue weighted by atomic mass is 79.9. The van der Waals surface area contributed by atoms with Crippen molar-refractivity contribution in [2.24, 2.45) is 5.92 Å². The van der Waals surface area contributed by atoms with E-state index in [0.717, 1.165) is 22.3 Å². The Morgan fingerprint density at radius 2 is 2.06 bits per heavy atom. The van der Waals surface area contributed by atoms with Crippen molar-refractivity contribution in [3.63, 3.8) is 0 Å². The SMILES string of the molecule is BrCC1CCN(Cc2cncc(Br)c2)CC1. The van der Waals surface area contributed by atoms with E-state index in [1.165, 1.54) is 31.5 Å². The van der Waals surface area contributed by atoms with Crippen molar-refractivity contribution in [3.8, 4) is 0 Å². The molecule has 1 fully saturated rings. The van der Waals surface area contributed by atoms with E-state index >= 15 is 0 Å². The van der Waals surface area contributed by atoms with Crippen LogP contribution in [0.4, 0.5) is 0 Å². The highest BCUT2D eigenvalue weighted by Crippen LogP contribution is 2.21. The largest absolute Gasteiger partial charge is 0.299 e. The van der Waals surface area contributed by atoms with Crippen LogP contribution in [0.1, 0.15) is 18.4 Å². The molecule has 2 rings (SSSR count). The van der Waals surface area contributed by atoms with E-state index in [0.29, 0.717) is 0 Å². The molecule has 1 aliphatic heterocycles. The fourth-order valence-electron chi connectivity index (χ4n) is 2.10. The number of rotatable bonds is 3. The van der Waals surface area contributed by atoms with Gasteiger partial charge in [0.25, 0.3) is 0 Å². The molecule has 1 aliphatic rings. The average Bonchev–Trinajstić information content (AvgIpc) is 2.30. The van der Waals surface area contributed by atoms with Gasteiger partial charge in [-0.25, -0.2) is 0 Å². The first-order valence-electron chi connectivity index (χ1n) is 5.65. The molecule has 88 valence electrons. The third-order valence-corrected chi connectivity index (χ3v) is 4.44. The van der Waals surface area contributed by atoms with Gasteiger partial charge in [-0.2, -0.15) is 0 Å². The molecule has 0 saturated carbocycles. The molecule has 1 aromatic rings. The Bertz CT molecular complexity index is 336. The molecule has 0 unspecified atom stereocenters. The maximum atomic E-state index is 4.20. The van der Waals surface area contributed by atoms with Gasteiger partial charge in [0.1, 0.15) is 0 Å². The van der Waals surface area contributed by atoms with Crippen LogP contribution in [0.25, 0.3) is 0 Å². The molecular formula is C12H16Br2N2. The summed E-state index contributed by atoms with van der Waals surface area (Å²) in [7, 11) is 0. The lowest BCUT2D eigenvalue weighted by molar-refractivity contribution is 0.187. The first kappa shape index (κ1) is 12.5. The van der Waals surface area contributed by atoms with Gasteiger partial charge in [-0.15, -0.1) is 0 Å². The molecule has 2 nitrogen and oxygen atoms in total. The third-order valence-electron chi connectivity index (χ3n) is 3.09. The lowest BCUT2D eigenvalue weighted by Crippen LogP contribution is -2.33. The number of hydrogen-bond acceptors (Lipinski definition) is 2. The maximum Gasteiger partial charge on any atom is 0.0410 e. The maximum absolute atomic E-state index is 4.20. The van der Waals surface area contributed by atoms with Gasteiger partial charge in [0.15, 0.2) is 0 Å². The van der Waals surface area contributed by atoms with Crippen molar-refractivity contribution in [2.75, 3.05) is 18.4 Å². The number of likely N-dealkylation sites (tertiary alicyclic amines) is 1. The van der Waals surface area contributed by atoms with Gasteiger partial charge < -0.3 is 0 Å². The van der Waals surface area contributed by atoms with Crippen LogP contribution in [0.15, 0.2) is 22.9 Å². The first-order valence-corrected chi connectivity index (χ1v) is 7.57. The van der Waals surface area contributed by atoms with Crippen LogP contribution in [-0.2, 0) is 6.54 Å². The predicted octanol–water partition coefficient (Wildman–Crippen LogP) is 3.45. The van der Waals surface area contributed by atoms with Crippen LogP contribution in [0.2, 0.25) is 0 Å². The van der Waals surface area contributed by atoms with Gasteiger partial charge in [0.05, 0.1) is 0 Å². The topological polar surface area (TPSA) is 16.1 Å². The second-order valence-corrected chi connectivity index (χ2v) is 5.95. The summed E-state index contributed by atoms with van der Waals surface area (Å²) >= 11 is 7.03. The summed E-state index contributed by atoms with van der Waals surface area (Å²) in [5.41, 5.74) is 1.30. The number of piperidine rings is 1. The Balaban J connectivity index is 1.87. The molecule has 0 N–H and O–H groups in total. The quantitative estimate of drug-likeness (QED) is 0.778. The lowest BCUT2D eigenvalue weighted by Gasteiger charge is -2.31. The Labute approximate surface area is 114 Å². The van der Waals surface area contributed by atoms with E-state index in [1.54, 1.807) is 0 Å². The molecular weight excluding hydrogens is 332 g/mol. The second kappa shape index (κ2) is 6.12. The molecule has 0 aliphatic carbocycles. The zero-order chi connectivity index (χ0) is 11.4. The number of nitrogens with zero attached hydrogens (tertiary/aromatic N) is 2. The van der Waals surface area contributed by atoms with Crippen molar-refractivity contribution in [1.29, 1.82) is 0 Å². The van der Waals surface area contributed by atoms with E-state index in [2.05, 4.69) is 47.8 Å². The number of aromatic nitrogens is 1. The van der Waals surface area contributed by atoms with Crippen LogP contribution >= 0.6 is 31.9 Å². The summed E-state index contributed by atoms with van der Waals surface area (Å²) in [4.78, 5) is 6.72. The summed E-state index contributed by atoms with van der Waals surface area (Å²) in [6, 6.07) is 2.16. The summed E-state index contributed by atoms with van der Waals surface area (Å²) < 4.78 is 1.07. The van der Waals surface area contributed by atoms with Crippen LogP contribution in [0.5, 0.6) is 0 Å².